The molecule has 0 aromatic rings. The Kier molecular flexibility index (Phi) is 4.61. The molecular formula is C9H17NO3S2. The normalized spacial score (nSPS) is 24.0. The highest BCUT2D eigenvalue weighted by atomic mass is 32.2. The van der Waals surface area contributed by atoms with E-state index in [-0.39, 0.29) is 18.1 Å². The van der Waals surface area contributed by atoms with Crippen molar-refractivity contribution in [1.82, 2.24) is 4.90 Å². The summed E-state index contributed by atoms with van der Waals surface area (Å²) in [5.74, 6) is 1.66. The number of thioether (sulfide) groups is 1. The molecule has 6 heteroatoms. The van der Waals surface area contributed by atoms with Crippen LogP contribution in [-0.4, -0.2) is 54.8 Å². The molecule has 1 atom stereocenters. The van der Waals surface area contributed by atoms with Gasteiger partial charge in [-0.1, -0.05) is 6.92 Å². The molecule has 1 unspecified atom stereocenters. The van der Waals surface area contributed by atoms with Crippen LogP contribution in [0.4, 0.5) is 0 Å². The van der Waals surface area contributed by atoms with E-state index in [0.717, 1.165) is 5.75 Å². The second-order valence-electron chi connectivity index (χ2n) is 3.65. The van der Waals surface area contributed by atoms with E-state index in [9.17, 15) is 13.2 Å². The molecule has 0 spiro atoms. The minimum atomic E-state index is -3.06. The highest BCUT2D eigenvalue weighted by Gasteiger charge is 2.32. The Hall–Kier alpha value is -0.0700. The highest BCUT2D eigenvalue weighted by molar-refractivity contribution is 8.01. The van der Waals surface area contributed by atoms with Gasteiger partial charge in [-0.3, -0.25) is 9.69 Å². The molecule has 1 saturated heterocycles. The second-order valence-corrected chi connectivity index (χ2v) is 7.25. The Morgan fingerprint density at radius 3 is 2.73 bits per heavy atom. The van der Waals surface area contributed by atoms with Crippen molar-refractivity contribution >= 4 is 27.4 Å². The van der Waals surface area contributed by atoms with Gasteiger partial charge in [0.05, 0.1) is 6.54 Å². The van der Waals surface area contributed by atoms with Gasteiger partial charge in [-0.15, -0.1) is 0 Å². The number of ketones is 1. The average Bonchev–Trinajstić information content (AvgIpc) is 2.17. The van der Waals surface area contributed by atoms with E-state index in [4.69, 9.17) is 0 Å². The summed E-state index contributed by atoms with van der Waals surface area (Å²) < 4.78 is 23.6. The molecule has 0 saturated carbocycles. The minimum absolute atomic E-state index is 0.0261. The summed E-state index contributed by atoms with van der Waals surface area (Å²) in [6.07, 6.45) is 0. The summed E-state index contributed by atoms with van der Waals surface area (Å²) in [6.45, 7) is 4.09. The maximum atomic E-state index is 11.8. The topological polar surface area (TPSA) is 54.5 Å². The van der Waals surface area contributed by atoms with E-state index in [1.165, 1.54) is 6.92 Å². The molecule has 1 aliphatic rings. The first-order valence-electron chi connectivity index (χ1n) is 5.00. The van der Waals surface area contributed by atoms with Gasteiger partial charge in [-0.05, 0) is 6.92 Å². The Labute approximate surface area is 95.3 Å². The lowest BCUT2D eigenvalue weighted by Gasteiger charge is -2.33. The van der Waals surface area contributed by atoms with Gasteiger partial charge in [0.25, 0.3) is 0 Å². The van der Waals surface area contributed by atoms with Crippen LogP contribution >= 0.6 is 11.8 Å². The van der Waals surface area contributed by atoms with Crippen molar-refractivity contribution in [3.05, 3.63) is 0 Å². The van der Waals surface area contributed by atoms with Gasteiger partial charge in [0.15, 0.2) is 9.84 Å². The van der Waals surface area contributed by atoms with Gasteiger partial charge in [-0.25, -0.2) is 8.42 Å². The molecule has 4 nitrogen and oxygen atoms in total. The molecule has 1 aliphatic heterocycles. The van der Waals surface area contributed by atoms with E-state index in [2.05, 4.69) is 0 Å². The number of sulfone groups is 1. The fourth-order valence-electron chi connectivity index (χ4n) is 1.61. The zero-order chi connectivity index (χ0) is 11.5. The average molecular weight is 251 g/mol. The van der Waals surface area contributed by atoms with E-state index < -0.39 is 15.2 Å². The fraction of sp³-hybridized carbons (Fsp3) is 0.889. The van der Waals surface area contributed by atoms with E-state index >= 15 is 0 Å². The number of hydrogen-bond donors (Lipinski definition) is 0. The van der Waals surface area contributed by atoms with Crippen molar-refractivity contribution in [1.29, 1.82) is 0 Å². The molecule has 0 aromatic heterocycles. The molecule has 0 bridgehead atoms. The van der Waals surface area contributed by atoms with Crippen molar-refractivity contribution in [2.24, 2.45) is 0 Å². The van der Waals surface area contributed by atoms with Crippen molar-refractivity contribution in [2.45, 2.75) is 19.2 Å². The van der Waals surface area contributed by atoms with Crippen molar-refractivity contribution < 1.29 is 13.2 Å². The lowest BCUT2D eigenvalue weighted by atomic mass is 10.4. The summed E-state index contributed by atoms with van der Waals surface area (Å²) >= 11 is 1.64. The Bertz CT molecular complexity index is 326. The number of nitrogens with zero attached hydrogens (tertiary/aromatic N) is 1. The van der Waals surface area contributed by atoms with Gasteiger partial charge < -0.3 is 0 Å². The van der Waals surface area contributed by atoms with Crippen LogP contribution in [-0.2, 0) is 14.6 Å². The summed E-state index contributed by atoms with van der Waals surface area (Å²) in [4.78, 5) is 12.8. The van der Waals surface area contributed by atoms with Crippen LogP contribution in [0.1, 0.15) is 13.8 Å². The SMILES string of the molecule is CCS(=O)(=O)C1CSCCN1CC(C)=O. The van der Waals surface area contributed by atoms with E-state index in [1.54, 1.807) is 23.6 Å². The highest BCUT2D eigenvalue weighted by Crippen LogP contribution is 2.20. The zero-order valence-corrected chi connectivity index (χ0v) is 10.7. The van der Waals surface area contributed by atoms with Crippen LogP contribution in [0.25, 0.3) is 0 Å². The molecule has 1 fully saturated rings. The fourth-order valence-corrected chi connectivity index (χ4v) is 4.69. The number of Topliss-reactive ketones (excluding diaryl/α,β-unsaturated/α-hetero) is 1. The van der Waals surface area contributed by atoms with Crippen molar-refractivity contribution in [2.75, 3.05) is 30.3 Å². The largest absolute Gasteiger partial charge is 0.299 e. The first kappa shape index (κ1) is 13.0. The second kappa shape index (κ2) is 5.32. The van der Waals surface area contributed by atoms with Crippen LogP contribution in [0, 0.1) is 0 Å². The maximum absolute atomic E-state index is 11.8. The number of carbonyl (C=O) groups is 1. The number of rotatable bonds is 4. The van der Waals surface area contributed by atoms with Gasteiger partial charge in [0.1, 0.15) is 11.2 Å². The molecule has 0 aromatic carbocycles. The van der Waals surface area contributed by atoms with Crippen LogP contribution in [0.2, 0.25) is 0 Å². The summed E-state index contributed by atoms with van der Waals surface area (Å²) in [5, 5.41) is -0.467. The number of carbonyl (C=O) groups excluding carboxylic acids is 1. The van der Waals surface area contributed by atoms with Crippen molar-refractivity contribution in [3.8, 4) is 0 Å². The lowest BCUT2D eigenvalue weighted by Crippen LogP contribution is -2.49. The van der Waals surface area contributed by atoms with Crippen LogP contribution in [0.5, 0.6) is 0 Å². The monoisotopic (exact) mass is 251 g/mol. The third-order valence-electron chi connectivity index (χ3n) is 2.43. The maximum Gasteiger partial charge on any atom is 0.166 e. The predicted octanol–water partition coefficient (Wildman–Crippen LogP) is 0.385. The Morgan fingerprint density at radius 1 is 1.53 bits per heavy atom. The van der Waals surface area contributed by atoms with E-state index in [1.807, 2.05) is 0 Å². The molecule has 0 radical (unpaired) electrons. The molecule has 88 valence electrons. The molecule has 1 rings (SSSR count). The lowest BCUT2D eigenvalue weighted by molar-refractivity contribution is -0.118. The van der Waals surface area contributed by atoms with Gasteiger partial charge in [0.2, 0.25) is 0 Å². The molecular weight excluding hydrogens is 234 g/mol. The third-order valence-corrected chi connectivity index (χ3v) is 5.77. The zero-order valence-electron chi connectivity index (χ0n) is 9.10. The molecule has 0 N–H and O–H groups in total. The molecule has 0 amide bonds. The van der Waals surface area contributed by atoms with Crippen LogP contribution < -0.4 is 0 Å². The Morgan fingerprint density at radius 2 is 2.20 bits per heavy atom. The third kappa shape index (κ3) is 3.46. The number of hydrogen-bond acceptors (Lipinski definition) is 5. The molecule has 15 heavy (non-hydrogen) atoms. The van der Waals surface area contributed by atoms with Gasteiger partial charge >= 0.3 is 0 Å². The van der Waals surface area contributed by atoms with E-state index in [0.29, 0.717) is 12.3 Å². The quantitative estimate of drug-likeness (QED) is 0.723. The standard InChI is InChI=1S/C9H17NO3S2/c1-3-15(12,13)9-7-14-5-4-10(9)6-8(2)11/h9H,3-7H2,1-2H3. The molecule has 1 heterocycles. The van der Waals surface area contributed by atoms with Gasteiger partial charge in [0, 0.05) is 23.8 Å². The summed E-state index contributed by atoms with van der Waals surface area (Å²) in [5.41, 5.74) is 0. The first-order chi connectivity index (χ1) is 6.97. The van der Waals surface area contributed by atoms with Crippen LogP contribution in [0.15, 0.2) is 0 Å². The predicted molar refractivity (Wildman–Crippen MR) is 62.8 cm³/mol. The summed E-state index contributed by atoms with van der Waals surface area (Å²) in [7, 11) is -3.06. The smallest absolute Gasteiger partial charge is 0.166 e. The first-order valence-corrected chi connectivity index (χ1v) is 7.87. The van der Waals surface area contributed by atoms with Gasteiger partial charge in [-0.2, -0.15) is 11.8 Å². The molecule has 0 aliphatic carbocycles. The Balaban J connectivity index is 2.78. The van der Waals surface area contributed by atoms with Crippen LogP contribution in [0.3, 0.4) is 0 Å². The minimum Gasteiger partial charge on any atom is -0.299 e. The van der Waals surface area contributed by atoms with Crippen molar-refractivity contribution in [3.63, 3.8) is 0 Å². The summed E-state index contributed by atoms with van der Waals surface area (Å²) in [6, 6.07) is 0.